The van der Waals surface area contributed by atoms with E-state index >= 15 is 0 Å². The summed E-state index contributed by atoms with van der Waals surface area (Å²) < 4.78 is 28.6. The van der Waals surface area contributed by atoms with Crippen LogP contribution in [0.1, 0.15) is 43.5 Å². The largest absolute Gasteiger partial charge is 0.309 e. The van der Waals surface area contributed by atoms with Crippen molar-refractivity contribution in [1.29, 1.82) is 0 Å². The molecule has 0 aliphatic heterocycles. The van der Waals surface area contributed by atoms with Crippen LogP contribution in [0.15, 0.2) is 47.4 Å². The van der Waals surface area contributed by atoms with Gasteiger partial charge in [-0.15, -0.1) is 12.4 Å². The molecule has 0 saturated heterocycles. The minimum absolute atomic E-state index is 0. The highest BCUT2D eigenvalue weighted by atomic mass is 35.5. The van der Waals surface area contributed by atoms with Crippen molar-refractivity contribution < 1.29 is 13.2 Å². The van der Waals surface area contributed by atoms with Gasteiger partial charge in [-0.25, -0.2) is 13.4 Å². The molecule has 3 aromatic rings. The fourth-order valence-electron chi connectivity index (χ4n) is 3.77. The van der Waals surface area contributed by atoms with Gasteiger partial charge in [0.05, 0.1) is 14.6 Å². The third-order valence-electron chi connectivity index (χ3n) is 5.51. The molecule has 0 atom stereocenters. The van der Waals surface area contributed by atoms with Gasteiger partial charge >= 0.3 is 0 Å². The quantitative estimate of drug-likeness (QED) is 0.275. The highest BCUT2D eigenvalue weighted by molar-refractivity contribution is 7.89. The number of carbonyl (C=O) groups excluding carboxylic acids is 1. The number of fused-ring (bicyclic) bond motifs is 1. The number of aromatic nitrogens is 1. The number of carbonyl (C=O) groups is 1. The molecule has 7 nitrogen and oxygen atoms in total. The smallest absolute Gasteiger partial charge is 0.260 e. The Bertz CT molecular complexity index is 1240. The number of amides is 1. The molecule has 1 heterocycles. The molecule has 0 N–H and O–H groups in total. The molecular formula is C25H34Cl2N4O3S2. The second-order valence-corrected chi connectivity index (χ2v) is 12.0. The number of nitrogens with zero attached hydrogens (tertiary/aromatic N) is 4. The number of anilines is 1. The molecule has 0 aliphatic rings. The van der Waals surface area contributed by atoms with E-state index in [1.54, 1.807) is 23.1 Å². The van der Waals surface area contributed by atoms with Crippen LogP contribution in [0, 0.1) is 0 Å². The van der Waals surface area contributed by atoms with Crippen LogP contribution in [0.4, 0.5) is 5.13 Å². The standard InChI is InChI=1S/C25H33ClN4O3S2.ClH/c1-5-15-29(16-6-2)35(32,33)20-13-11-19(12-14-20)24(31)30(18-8-17-28(3)4)25-27-23-21(26)9-7-10-22(23)34-25;/h7,9-14H,5-6,8,15-18H2,1-4H3;1H. The van der Waals surface area contributed by atoms with E-state index in [0.717, 1.165) is 30.5 Å². The van der Waals surface area contributed by atoms with E-state index in [0.29, 0.717) is 40.9 Å². The highest BCUT2D eigenvalue weighted by Gasteiger charge is 2.25. The summed E-state index contributed by atoms with van der Waals surface area (Å²) in [4.78, 5) is 22.1. The van der Waals surface area contributed by atoms with E-state index < -0.39 is 10.0 Å². The fourth-order valence-corrected chi connectivity index (χ4v) is 6.69. The Balaban J connectivity index is 0.00000456. The molecule has 0 unspecified atom stereocenters. The molecule has 1 aromatic heterocycles. The number of benzene rings is 2. The average Bonchev–Trinajstić information content (AvgIpc) is 3.26. The summed E-state index contributed by atoms with van der Waals surface area (Å²) in [6.07, 6.45) is 2.24. The Morgan fingerprint density at radius 1 is 0.972 bits per heavy atom. The third-order valence-corrected chi connectivity index (χ3v) is 8.77. The summed E-state index contributed by atoms with van der Waals surface area (Å²) in [6, 6.07) is 11.8. The Labute approximate surface area is 229 Å². The maximum atomic E-state index is 13.6. The zero-order valence-corrected chi connectivity index (χ0v) is 24.3. The minimum Gasteiger partial charge on any atom is -0.309 e. The number of para-hydroxylation sites is 1. The predicted octanol–water partition coefficient (Wildman–Crippen LogP) is 5.78. The van der Waals surface area contributed by atoms with Crippen molar-refractivity contribution in [2.24, 2.45) is 0 Å². The van der Waals surface area contributed by atoms with E-state index in [4.69, 9.17) is 11.6 Å². The Kier molecular flexibility index (Phi) is 11.6. The molecule has 1 amide bonds. The van der Waals surface area contributed by atoms with Gasteiger partial charge in [-0.2, -0.15) is 4.31 Å². The third kappa shape index (κ3) is 7.18. The molecule has 0 radical (unpaired) electrons. The van der Waals surface area contributed by atoms with Crippen molar-refractivity contribution in [3.8, 4) is 0 Å². The van der Waals surface area contributed by atoms with E-state index in [9.17, 15) is 13.2 Å². The lowest BCUT2D eigenvalue weighted by molar-refractivity contribution is 0.0986. The zero-order chi connectivity index (χ0) is 25.6. The van der Waals surface area contributed by atoms with Gasteiger partial charge in [0.1, 0.15) is 5.52 Å². The van der Waals surface area contributed by atoms with Crippen LogP contribution >= 0.6 is 35.3 Å². The molecule has 0 bridgehead atoms. The van der Waals surface area contributed by atoms with Crippen LogP contribution < -0.4 is 4.90 Å². The van der Waals surface area contributed by atoms with Gasteiger partial charge in [-0.05, 0) is 76.3 Å². The van der Waals surface area contributed by atoms with Crippen LogP contribution in [0.5, 0.6) is 0 Å². The fraction of sp³-hybridized carbons (Fsp3) is 0.440. The summed E-state index contributed by atoms with van der Waals surface area (Å²) in [5, 5.41) is 1.12. The number of sulfonamides is 1. The van der Waals surface area contributed by atoms with Crippen molar-refractivity contribution in [2.45, 2.75) is 38.0 Å². The van der Waals surface area contributed by atoms with Crippen LogP contribution in [0.3, 0.4) is 0 Å². The second-order valence-electron chi connectivity index (χ2n) is 8.63. The van der Waals surface area contributed by atoms with Crippen LogP contribution in [-0.4, -0.2) is 68.8 Å². The summed E-state index contributed by atoms with van der Waals surface area (Å²) in [6.45, 7) is 6.15. The Morgan fingerprint density at radius 2 is 1.61 bits per heavy atom. The van der Waals surface area contributed by atoms with Gasteiger partial charge in [-0.3, -0.25) is 9.69 Å². The number of rotatable bonds is 12. The van der Waals surface area contributed by atoms with Crippen molar-refractivity contribution in [2.75, 3.05) is 45.2 Å². The summed E-state index contributed by atoms with van der Waals surface area (Å²) in [5.41, 5.74) is 1.09. The topological polar surface area (TPSA) is 73.8 Å². The van der Waals surface area contributed by atoms with Gasteiger partial charge in [0, 0.05) is 25.2 Å². The molecule has 11 heteroatoms. The molecule has 0 aliphatic carbocycles. The van der Waals surface area contributed by atoms with Crippen LogP contribution in [-0.2, 0) is 10.0 Å². The zero-order valence-electron chi connectivity index (χ0n) is 21.1. The van der Waals surface area contributed by atoms with Crippen molar-refractivity contribution in [3.05, 3.63) is 53.1 Å². The first-order valence-corrected chi connectivity index (χ1v) is 14.4. The summed E-state index contributed by atoms with van der Waals surface area (Å²) in [7, 11) is 0.370. The van der Waals surface area contributed by atoms with E-state index in [-0.39, 0.29) is 23.2 Å². The van der Waals surface area contributed by atoms with Crippen LogP contribution in [0.25, 0.3) is 10.2 Å². The monoisotopic (exact) mass is 572 g/mol. The molecule has 0 spiro atoms. The van der Waals surface area contributed by atoms with Crippen molar-refractivity contribution in [1.82, 2.24) is 14.2 Å². The number of halogens is 2. The molecule has 0 fully saturated rings. The highest BCUT2D eigenvalue weighted by Crippen LogP contribution is 2.33. The first-order valence-electron chi connectivity index (χ1n) is 11.8. The van der Waals surface area contributed by atoms with E-state index in [2.05, 4.69) is 9.88 Å². The molecule has 198 valence electrons. The molecule has 0 saturated carbocycles. The molecule has 3 rings (SSSR count). The average molecular weight is 574 g/mol. The number of hydrogen-bond acceptors (Lipinski definition) is 6. The first-order chi connectivity index (χ1) is 16.7. The van der Waals surface area contributed by atoms with Gasteiger partial charge in [-0.1, -0.05) is 42.9 Å². The molecule has 2 aromatic carbocycles. The van der Waals surface area contributed by atoms with Gasteiger partial charge in [0.15, 0.2) is 5.13 Å². The molecule has 36 heavy (non-hydrogen) atoms. The number of thiazole rings is 1. The number of hydrogen-bond donors (Lipinski definition) is 0. The summed E-state index contributed by atoms with van der Waals surface area (Å²) >= 11 is 7.74. The second kappa shape index (κ2) is 13.7. The van der Waals surface area contributed by atoms with Crippen molar-refractivity contribution in [3.63, 3.8) is 0 Å². The maximum absolute atomic E-state index is 13.6. The van der Waals surface area contributed by atoms with Gasteiger partial charge < -0.3 is 4.90 Å². The first kappa shape index (κ1) is 30.5. The normalized spacial score (nSPS) is 11.8. The Hall–Kier alpha value is -1.75. The lowest BCUT2D eigenvalue weighted by Gasteiger charge is -2.22. The lowest BCUT2D eigenvalue weighted by Crippen LogP contribution is -2.34. The van der Waals surface area contributed by atoms with E-state index in [1.165, 1.54) is 27.8 Å². The van der Waals surface area contributed by atoms with Gasteiger partial charge in [0.25, 0.3) is 5.91 Å². The maximum Gasteiger partial charge on any atom is 0.260 e. The predicted molar refractivity (Wildman–Crippen MR) is 153 cm³/mol. The van der Waals surface area contributed by atoms with Gasteiger partial charge in [0.2, 0.25) is 10.0 Å². The SMILES string of the molecule is CCCN(CCC)S(=O)(=O)c1ccc(C(=O)N(CCCN(C)C)c2nc3c(Cl)cccc3s2)cc1.Cl. The Morgan fingerprint density at radius 3 is 2.17 bits per heavy atom. The summed E-state index contributed by atoms with van der Waals surface area (Å²) in [5.74, 6) is -0.221. The minimum atomic E-state index is -3.61. The van der Waals surface area contributed by atoms with Crippen molar-refractivity contribution >= 4 is 66.6 Å². The molecular weight excluding hydrogens is 539 g/mol. The lowest BCUT2D eigenvalue weighted by atomic mass is 10.2. The van der Waals surface area contributed by atoms with E-state index in [1.807, 2.05) is 40.1 Å². The van der Waals surface area contributed by atoms with Crippen LogP contribution in [0.2, 0.25) is 5.02 Å².